The Morgan fingerprint density at radius 2 is 0.733 bits per heavy atom. The van der Waals surface area contributed by atoms with Crippen molar-refractivity contribution in [1.29, 1.82) is 0 Å². The molecule has 30 heavy (non-hydrogen) atoms. The first kappa shape index (κ1) is 29.5. The molecule has 0 fully saturated rings. The molecular weight excluding hydrogens is 404 g/mol. The van der Waals surface area contributed by atoms with Gasteiger partial charge in [-0.15, -0.1) is 0 Å². The molecule has 0 amide bonds. The Morgan fingerprint density at radius 3 is 1.03 bits per heavy atom. The highest BCUT2D eigenvalue weighted by atomic mass is 16.4. The molecular formula is C18H40N2O10. The number of nitrogens with one attached hydrogen (secondary N) is 2. The van der Waals surface area contributed by atoms with Gasteiger partial charge in [-0.05, 0) is 25.9 Å². The smallest absolute Gasteiger partial charge is 0.111 e. The van der Waals surface area contributed by atoms with Crippen molar-refractivity contribution in [2.75, 3.05) is 39.4 Å². The van der Waals surface area contributed by atoms with E-state index in [0.717, 1.165) is 25.7 Å². The molecule has 0 saturated carbocycles. The maximum atomic E-state index is 9.74. The molecule has 8 atom stereocenters. The van der Waals surface area contributed by atoms with Crippen LogP contribution in [0.2, 0.25) is 0 Å². The minimum atomic E-state index is -1.64. The molecule has 0 heterocycles. The van der Waals surface area contributed by atoms with Crippen molar-refractivity contribution in [1.82, 2.24) is 10.6 Å². The van der Waals surface area contributed by atoms with Crippen molar-refractivity contribution in [2.24, 2.45) is 0 Å². The number of rotatable bonds is 19. The third kappa shape index (κ3) is 11.8. The lowest BCUT2D eigenvalue weighted by molar-refractivity contribution is -0.113. The molecule has 12 N–H and O–H groups in total. The van der Waals surface area contributed by atoms with Crippen molar-refractivity contribution in [3.8, 4) is 0 Å². The summed E-state index contributed by atoms with van der Waals surface area (Å²) in [5.74, 6) is 0. The molecule has 0 saturated heterocycles. The summed E-state index contributed by atoms with van der Waals surface area (Å²) in [5, 5.41) is 99.6. The molecule has 0 aromatic heterocycles. The van der Waals surface area contributed by atoms with Crippen molar-refractivity contribution < 1.29 is 51.1 Å². The van der Waals surface area contributed by atoms with Gasteiger partial charge in [0.1, 0.15) is 36.6 Å². The van der Waals surface area contributed by atoms with Crippen molar-refractivity contribution in [3.63, 3.8) is 0 Å². The van der Waals surface area contributed by atoms with E-state index in [1.165, 1.54) is 0 Å². The fourth-order valence-electron chi connectivity index (χ4n) is 2.72. The van der Waals surface area contributed by atoms with E-state index in [1.54, 1.807) is 0 Å². The van der Waals surface area contributed by atoms with Gasteiger partial charge < -0.3 is 61.7 Å². The van der Waals surface area contributed by atoms with Gasteiger partial charge >= 0.3 is 0 Å². The summed E-state index contributed by atoms with van der Waals surface area (Å²) in [5.41, 5.74) is 0. The molecule has 0 unspecified atom stereocenters. The normalized spacial score (nSPS) is 20.2. The highest BCUT2D eigenvalue weighted by Gasteiger charge is 2.30. The lowest BCUT2D eigenvalue weighted by Gasteiger charge is -2.25. The Hall–Kier alpha value is -0.480. The monoisotopic (exact) mass is 444 g/mol. The first-order valence-electron chi connectivity index (χ1n) is 10.2. The Morgan fingerprint density at radius 1 is 0.433 bits per heavy atom. The van der Waals surface area contributed by atoms with Crippen LogP contribution in [0.1, 0.15) is 25.7 Å². The molecule has 0 spiro atoms. The van der Waals surface area contributed by atoms with Crippen molar-refractivity contribution in [2.45, 2.75) is 74.5 Å². The Kier molecular flexibility index (Phi) is 16.8. The zero-order valence-corrected chi connectivity index (χ0v) is 17.2. The summed E-state index contributed by atoms with van der Waals surface area (Å²) in [6.07, 6.45) is -8.68. The third-order valence-corrected chi connectivity index (χ3v) is 4.81. The number of hydrogen-bond acceptors (Lipinski definition) is 12. The Bertz CT molecular complexity index is 373. The molecule has 182 valence electrons. The van der Waals surface area contributed by atoms with Crippen LogP contribution < -0.4 is 10.6 Å². The Balaban J connectivity index is 3.68. The molecule has 0 aromatic carbocycles. The number of aliphatic hydroxyl groups is 10. The van der Waals surface area contributed by atoms with E-state index in [9.17, 15) is 40.9 Å². The molecule has 0 aliphatic rings. The highest BCUT2D eigenvalue weighted by Crippen LogP contribution is 2.06. The van der Waals surface area contributed by atoms with E-state index in [4.69, 9.17) is 10.2 Å². The minimum Gasteiger partial charge on any atom is -0.394 e. The average molecular weight is 445 g/mol. The first-order valence-corrected chi connectivity index (χ1v) is 10.2. The summed E-state index contributed by atoms with van der Waals surface area (Å²) < 4.78 is 0. The van der Waals surface area contributed by atoms with Crippen LogP contribution in [0.3, 0.4) is 0 Å². The van der Waals surface area contributed by atoms with Gasteiger partial charge in [0.15, 0.2) is 0 Å². The van der Waals surface area contributed by atoms with E-state index < -0.39 is 62.0 Å². The fourth-order valence-corrected chi connectivity index (χ4v) is 2.72. The second kappa shape index (κ2) is 17.1. The van der Waals surface area contributed by atoms with Crippen LogP contribution in [0.4, 0.5) is 0 Å². The zero-order valence-electron chi connectivity index (χ0n) is 17.2. The quantitative estimate of drug-likeness (QED) is 0.0838. The van der Waals surface area contributed by atoms with Gasteiger partial charge in [0.05, 0.1) is 25.4 Å². The van der Waals surface area contributed by atoms with Gasteiger partial charge in [0.2, 0.25) is 0 Å². The van der Waals surface area contributed by atoms with Crippen LogP contribution in [0.15, 0.2) is 0 Å². The largest absolute Gasteiger partial charge is 0.394 e. The molecule has 12 nitrogen and oxygen atoms in total. The molecule has 12 heteroatoms. The van der Waals surface area contributed by atoms with Gasteiger partial charge in [-0.1, -0.05) is 12.8 Å². The van der Waals surface area contributed by atoms with Gasteiger partial charge in [0, 0.05) is 13.1 Å². The standard InChI is InChI=1S/C18H40N2O10/c21-9-13(25)17(29)15(27)11(23)7-19-5-3-1-2-4-6-20-8-12(24)16(28)18(30)14(26)10-22/h11-30H,1-10H2/t11-,12-,13-,14-,15+,16+,17-,18-/m1/s1. The van der Waals surface area contributed by atoms with E-state index in [2.05, 4.69) is 10.6 Å². The van der Waals surface area contributed by atoms with E-state index in [1.807, 2.05) is 0 Å². The van der Waals surface area contributed by atoms with Crippen LogP contribution in [0.25, 0.3) is 0 Å². The molecule has 0 aliphatic carbocycles. The third-order valence-electron chi connectivity index (χ3n) is 4.81. The SMILES string of the molecule is OC[C@@H](O)[C@@H](O)[C@@H](O)[C@H](O)CNCCCCCCNC[C@@H](O)[C@H](O)[C@H](O)[C@H](O)CO. The van der Waals surface area contributed by atoms with Crippen LogP contribution in [-0.4, -0.2) is 139 Å². The summed E-state index contributed by atoms with van der Waals surface area (Å²) in [6.45, 7) is -0.245. The van der Waals surface area contributed by atoms with Gasteiger partial charge in [0.25, 0.3) is 0 Å². The summed E-state index contributed by atoms with van der Waals surface area (Å²) in [4.78, 5) is 0. The molecule has 0 radical (unpaired) electrons. The van der Waals surface area contributed by atoms with Crippen molar-refractivity contribution >= 4 is 0 Å². The second-order valence-electron chi connectivity index (χ2n) is 7.42. The summed E-state index contributed by atoms with van der Waals surface area (Å²) in [7, 11) is 0. The zero-order chi connectivity index (χ0) is 23.1. The van der Waals surface area contributed by atoms with Crippen LogP contribution in [0, 0.1) is 0 Å². The van der Waals surface area contributed by atoms with Gasteiger partial charge in [-0.2, -0.15) is 0 Å². The van der Waals surface area contributed by atoms with Gasteiger partial charge in [-0.25, -0.2) is 0 Å². The first-order chi connectivity index (χ1) is 14.2. The Labute approximate surface area is 176 Å². The molecule has 0 rings (SSSR count). The number of hydrogen-bond donors (Lipinski definition) is 12. The summed E-state index contributed by atoms with van der Waals surface area (Å²) >= 11 is 0. The lowest BCUT2D eigenvalue weighted by Crippen LogP contribution is -2.49. The lowest BCUT2D eigenvalue weighted by atomic mass is 10.0. The van der Waals surface area contributed by atoms with Gasteiger partial charge in [-0.3, -0.25) is 0 Å². The van der Waals surface area contributed by atoms with Crippen molar-refractivity contribution in [3.05, 3.63) is 0 Å². The maximum Gasteiger partial charge on any atom is 0.111 e. The predicted molar refractivity (Wildman–Crippen MR) is 106 cm³/mol. The topological polar surface area (TPSA) is 226 Å². The number of unbranched alkanes of at least 4 members (excludes halogenated alkanes) is 3. The van der Waals surface area contributed by atoms with E-state index in [0.29, 0.717) is 13.1 Å². The number of aliphatic hydroxyl groups excluding tert-OH is 10. The van der Waals surface area contributed by atoms with E-state index in [-0.39, 0.29) is 13.1 Å². The predicted octanol–water partition coefficient (Wildman–Crippen LogP) is -5.40. The minimum absolute atomic E-state index is 0.0228. The molecule has 0 aliphatic heterocycles. The van der Waals surface area contributed by atoms with Crippen LogP contribution >= 0.6 is 0 Å². The van der Waals surface area contributed by atoms with E-state index >= 15 is 0 Å². The fraction of sp³-hybridized carbons (Fsp3) is 1.00. The molecule has 0 bridgehead atoms. The van der Waals surface area contributed by atoms with Crippen LogP contribution in [0.5, 0.6) is 0 Å². The molecule has 0 aromatic rings. The summed E-state index contributed by atoms with van der Waals surface area (Å²) in [6, 6.07) is 0. The second-order valence-corrected chi connectivity index (χ2v) is 7.42. The average Bonchev–Trinajstić information content (AvgIpc) is 2.76. The van der Waals surface area contributed by atoms with Crippen LogP contribution in [-0.2, 0) is 0 Å². The highest BCUT2D eigenvalue weighted by molar-refractivity contribution is 4.82. The maximum absolute atomic E-state index is 9.74.